The predicted molar refractivity (Wildman–Crippen MR) is 73.7 cm³/mol. The maximum atomic E-state index is 12.2. The van der Waals surface area contributed by atoms with Crippen LogP contribution in [0.3, 0.4) is 0 Å². The maximum Gasteiger partial charge on any atom is 0.325 e. The van der Waals surface area contributed by atoms with Crippen molar-refractivity contribution in [3.05, 3.63) is 35.9 Å². The Balaban J connectivity index is 2.79. The number of methoxy groups -OCH3 is 2. The number of amides is 1. The van der Waals surface area contributed by atoms with E-state index in [-0.39, 0.29) is 19.1 Å². The van der Waals surface area contributed by atoms with Crippen LogP contribution in [-0.2, 0) is 25.6 Å². The maximum absolute atomic E-state index is 12.2. The van der Waals surface area contributed by atoms with Gasteiger partial charge in [-0.25, -0.2) is 0 Å². The van der Waals surface area contributed by atoms with Crippen LogP contribution in [0.4, 0.5) is 0 Å². The van der Waals surface area contributed by atoms with Gasteiger partial charge in [-0.05, 0) is 5.56 Å². The highest BCUT2D eigenvalue weighted by atomic mass is 16.5. The van der Waals surface area contributed by atoms with E-state index in [0.29, 0.717) is 6.54 Å². The zero-order valence-electron chi connectivity index (χ0n) is 11.7. The molecule has 0 aliphatic rings. The molecule has 1 aromatic carbocycles. The van der Waals surface area contributed by atoms with Crippen LogP contribution in [0.15, 0.2) is 30.3 Å². The Kier molecular flexibility index (Phi) is 6.69. The summed E-state index contributed by atoms with van der Waals surface area (Å²) >= 11 is 0. The van der Waals surface area contributed by atoms with E-state index in [1.807, 2.05) is 30.3 Å². The minimum absolute atomic E-state index is 0.102. The number of esters is 1. The van der Waals surface area contributed by atoms with E-state index < -0.39 is 12.0 Å². The molecule has 0 fully saturated rings. The monoisotopic (exact) mass is 280 g/mol. The summed E-state index contributed by atoms with van der Waals surface area (Å²) in [5.74, 6) is -0.833. The standard InChI is InChI=1S/C14H20N2O4/c1-19-10-12(15)14(18)16(9-13(17)20-2)8-11-6-4-3-5-7-11/h3-7,12H,8-10,15H2,1-2H3. The summed E-state index contributed by atoms with van der Waals surface area (Å²) in [4.78, 5) is 25.0. The highest BCUT2D eigenvalue weighted by Crippen LogP contribution is 2.06. The first kappa shape index (κ1) is 16.1. The van der Waals surface area contributed by atoms with E-state index in [1.165, 1.54) is 19.1 Å². The third-order valence-corrected chi connectivity index (χ3v) is 2.74. The van der Waals surface area contributed by atoms with Gasteiger partial charge in [0.1, 0.15) is 12.6 Å². The van der Waals surface area contributed by atoms with Crippen molar-refractivity contribution >= 4 is 11.9 Å². The zero-order chi connectivity index (χ0) is 15.0. The Hall–Kier alpha value is -1.92. The molecule has 0 heterocycles. The van der Waals surface area contributed by atoms with Crippen molar-refractivity contribution in [2.24, 2.45) is 5.73 Å². The van der Waals surface area contributed by atoms with E-state index in [1.54, 1.807) is 0 Å². The topological polar surface area (TPSA) is 81.9 Å². The number of ether oxygens (including phenoxy) is 2. The van der Waals surface area contributed by atoms with E-state index in [2.05, 4.69) is 4.74 Å². The second-order valence-electron chi connectivity index (χ2n) is 4.32. The second-order valence-corrected chi connectivity index (χ2v) is 4.32. The SMILES string of the molecule is COCC(N)C(=O)N(CC(=O)OC)Cc1ccccc1. The minimum atomic E-state index is -0.798. The third-order valence-electron chi connectivity index (χ3n) is 2.74. The van der Waals surface area contributed by atoms with Gasteiger partial charge in [0.25, 0.3) is 0 Å². The predicted octanol–water partition coefficient (Wildman–Crippen LogP) is 0.162. The Morgan fingerprint density at radius 2 is 1.90 bits per heavy atom. The first-order valence-electron chi connectivity index (χ1n) is 6.22. The summed E-state index contributed by atoms with van der Waals surface area (Å²) in [5, 5.41) is 0. The molecule has 0 saturated heterocycles. The molecule has 6 heteroatoms. The van der Waals surface area contributed by atoms with E-state index in [4.69, 9.17) is 10.5 Å². The second kappa shape index (κ2) is 8.29. The molecule has 1 amide bonds. The lowest BCUT2D eigenvalue weighted by Crippen LogP contribution is -2.47. The van der Waals surface area contributed by atoms with Crippen LogP contribution < -0.4 is 5.73 Å². The van der Waals surface area contributed by atoms with Gasteiger partial charge in [0.15, 0.2) is 0 Å². The first-order chi connectivity index (χ1) is 9.58. The average Bonchev–Trinajstić information content (AvgIpc) is 2.47. The molecule has 0 radical (unpaired) electrons. The molecule has 1 rings (SSSR count). The number of hydrogen-bond acceptors (Lipinski definition) is 5. The van der Waals surface area contributed by atoms with Gasteiger partial charge in [-0.1, -0.05) is 30.3 Å². The van der Waals surface area contributed by atoms with Crippen molar-refractivity contribution in [1.82, 2.24) is 4.90 Å². The van der Waals surface area contributed by atoms with Crippen LogP contribution in [0.2, 0.25) is 0 Å². The molecule has 110 valence electrons. The van der Waals surface area contributed by atoms with E-state index >= 15 is 0 Å². The fourth-order valence-electron chi connectivity index (χ4n) is 1.72. The Labute approximate surface area is 118 Å². The summed E-state index contributed by atoms with van der Waals surface area (Å²) in [7, 11) is 2.75. The number of nitrogens with zero attached hydrogens (tertiary/aromatic N) is 1. The molecule has 1 unspecified atom stereocenters. The van der Waals surface area contributed by atoms with Gasteiger partial charge in [0.2, 0.25) is 5.91 Å². The fourth-order valence-corrected chi connectivity index (χ4v) is 1.72. The largest absolute Gasteiger partial charge is 0.468 e. The van der Waals surface area contributed by atoms with Crippen molar-refractivity contribution in [1.29, 1.82) is 0 Å². The van der Waals surface area contributed by atoms with Crippen LogP contribution in [0.5, 0.6) is 0 Å². The molecule has 2 N–H and O–H groups in total. The highest BCUT2D eigenvalue weighted by Gasteiger charge is 2.23. The molecule has 1 aromatic rings. The van der Waals surface area contributed by atoms with Crippen molar-refractivity contribution in [2.75, 3.05) is 27.4 Å². The van der Waals surface area contributed by atoms with Gasteiger partial charge < -0.3 is 20.1 Å². The number of nitrogens with two attached hydrogens (primary N) is 1. The molecule has 6 nitrogen and oxygen atoms in total. The van der Waals surface area contributed by atoms with Gasteiger partial charge in [-0.2, -0.15) is 0 Å². The number of carbonyl (C=O) groups excluding carboxylic acids is 2. The number of hydrogen-bond donors (Lipinski definition) is 1. The summed E-state index contributed by atoms with van der Waals surface area (Å²) in [6, 6.07) is 8.57. The van der Waals surface area contributed by atoms with E-state index in [9.17, 15) is 9.59 Å². The minimum Gasteiger partial charge on any atom is -0.468 e. The van der Waals surface area contributed by atoms with Crippen molar-refractivity contribution in [3.8, 4) is 0 Å². The van der Waals surface area contributed by atoms with Gasteiger partial charge in [0.05, 0.1) is 13.7 Å². The Morgan fingerprint density at radius 3 is 2.45 bits per heavy atom. The molecule has 20 heavy (non-hydrogen) atoms. The van der Waals surface area contributed by atoms with Crippen molar-refractivity contribution < 1.29 is 19.1 Å². The average molecular weight is 280 g/mol. The number of carbonyl (C=O) groups is 2. The molecule has 0 bridgehead atoms. The van der Waals surface area contributed by atoms with Gasteiger partial charge in [-0.3, -0.25) is 9.59 Å². The third kappa shape index (κ3) is 4.99. The highest BCUT2D eigenvalue weighted by molar-refractivity contribution is 5.85. The van der Waals surface area contributed by atoms with Crippen LogP contribution in [0.25, 0.3) is 0 Å². The molecule has 0 aromatic heterocycles. The van der Waals surface area contributed by atoms with Crippen LogP contribution >= 0.6 is 0 Å². The summed E-state index contributed by atoms with van der Waals surface area (Å²) in [6.45, 7) is 0.263. The number of benzene rings is 1. The Morgan fingerprint density at radius 1 is 1.25 bits per heavy atom. The van der Waals surface area contributed by atoms with Crippen LogP contribution in [-0.4, -0.2) is 50.2 Å². The zero-order valence-corrected chi connectivity index (χ0v) is 11.7. The van der Waals surface area contributed by atoms with Crippen molar-refractivity contribution in [2.45, 2.75) is 12.6 Å². The molecule has 0 saturated carbocycles. The molecule has 0 aliphatic carbocycles. The summed E-state index contributed by atoms with van der Waals surface area (Å²) in [5.41, 5.74) is 6.64. The summed E-state index contributed by atoms with van der Waals surface area (Å²) < 4.78 is 9.47. The smallest absolute Gasteiger partial charge is 0.325 e. The van der Waals surface area contributed by atoms with E-state index in [0.717, 1.165) is 5.56 Å². The van der Waals surface area contributed by atoms with Gasteiger partial charge in [0, 0.05) is 13.7 Å². The van der Waals surface area contributed by atoms with Crippen LogP contribution in [0, 0.1) is 0 Å². The number of rotatable bonds is 7. The molecular weight excluding hydrogens is 260 g/mol. The molecular formula is C14H20N2O4. The lowest BCUT2D eigenvalue weighted by atomic mass is 10.2. The quantitative estimate of drug-likeness (QED) is 0.720. The normalized spacial score (nSPS) is 11.8. The first-order valence-corrected chi connectivity index (χ1v) is 6.22. The molecule has 0 spiro atoms. The van der Waals surface area contributed by atoms with Crippen molar-refractivity contribution in [3.63, 3.8) is 0 Å². The Bertz CT molecular complexity index is 436. The van der Waals surface area contributed by atoms with Gasteiger partial charge in [-0.15, -0.1) is 0 Å². The lowest BCUT2D eigenvalue weighted by molar-refractivity contribution is -0.148. The molecule has 0 aliphatic heterocycles. The van der Waals surface area contributed by atoms with Gasteiger partial charge >= 0.3 is 5.97 Å². The lowest BCUT2D eigenvalue weighted by Gasteiger charge is -2.24. The fraction of sp³-hybridized carbons (Fsp3) is 0.429. The molecule has 1 atom stereocenters. The summed E-state index contributed by atoms with van der Waals surface area (Å²) in [6.07, 6.45) is 0. The van der Waals surface area contributed by atoms with Crippen LogP contribution in [0.1, 0.15) is 5.56 Å².